The minimum Gasteiger partial charge on any atom is -0.497 e. The van der Waals surface area contributed by atoms with Gasteiger partial charge in [-0.15, -0.1) is 0 Å². The number of carbonyl (C=O) groups excluding carboxylic acids is 1. The van der Waals surface area contributed by atoms with Crippen LogP contribution in [0.5, 0.6) is 5.75 Å². The molecule has 3 nitrogen and oxygen atoms in total. The Morgan fingerprint density at radius 3 is 2.65 bits per heavy atom. The van der Waals surface area contributed by atoms with Crippen LogP contribution in [0, 0.1) is 0 Å². The number of methoxy groups -OCH3 is 1. The summed E-state index contributed by atoms with van der Waals surface area (Å²) < 4.78 is 5.16. The third kappa shape index (κ3) is 2.50. The van der Waals surface area contributed by atoms with Gasteiger partial charge >= 0.3 is 0 Å². The van der Waals surface area contributed by atoms with Crippen molar-refractivity contribution in [2.24, 2.45) is 0 Å². The number of benzene rings is 1. The summed E-state index contributed by atoms with van der Waals surface area (Å²) in [5, 5.41) is 0. The van der Waals surface area contributed by atoms with E-state index in [0.717, 1.165) is 17.0 Å². The van der Waals surface area contributed by atoms with Crippen LogP contribution in [0.15, 0.2) is 42.5 Å². The largest absolute Gasteiger partial charge is 0.497 e. The van der Waals surface area contributed by atoms with E-state index in [2.05, 4.69) is 4.98 Å². The lowest BCUT2D eigenvalue weighted by atomic mass is 10.1. The highest BCUT2D eigenvalue weighted by Crippen LogP contribution is 2.22. The third-order valence-corrected chi connectivity index (χ3v) is 2.48. The smallest absolute Gasteiger partial charge is 0.178 e. The molecular weight excluding hydrogens is 214 g/mol. The zero-order chi connectivity index (χ0) is 12.3. The molecular formula is C14H13NO2. The third-order valence-electron chi connectivity index (χ3n) is 2.48. The highest BCUT2D eigenvalue weighted by Gasteiger charge is 2.04. The van der Waals surface area contributed by atoms with Gasteiger partial charge in [-0.25, -0.2) is 4.98 Å². The number of aromatic nitrogens is 1. The van der Waals surface area contributed by atoms with E-state index in [0.29, 0.717) is 5.69 Å². The molecule has 0 unspecified atom stereocenters. The van der Waals surface area contributed by atoms with Crippen molar-refractivity contribution in [1.29, 1.82) is 0 Å². The number of pyridine rings is 1. The molecule has 0 saturated carbocycles. The summed E-state index contributed by atoms with van der Waals surface area (Å²) in [6, 6.07) is 13.0. The van der Waals surface area contributed by atoms with Crippen molar-refractivity contribution in [3.8, 4) is 17.0 Å². The number of Topliss-reactive ketones (excluding diaryl/α,β-unsaturated/α-hetero) is 1. The molecule has 3 heteroatoms. The molecule has 0 N–H and O–H groups in total. The molecule has 2 aromatic rings. The van der Waals surface area contributed by atoms with Gasteiger partial charge in [0.05, 0.1) is 12.8 Å². The van der Waals surface area contributed by atoms with Crippen LogP contribution in [0.4, 0.5) is 0 Å². The Morgan fingerprint density at radius 2 is 1.94 bits per heavy atom. The second-order valence-corrected chi connectivity index (χ2v) is 3.70. The summed E-state index contributed by atoms with van der Waals surface area (Å²) in [4.78, 5) is 15.6. The van der Waals surface area contributed by atoms with Crippen LogP contribution in [0.2, 0.25) is 0 Å². The Morgan fingerprint density at radius 1 is 1.18 bits per heavy atom. The van der Waals surface area contributed by atoms with E-state index in [9.17, 15) is 4.79 Å². The highest BCUT2D eigenvalue weighted by atomic mass is 16.5. The van der Waals surface area contributed by atoms with E-state index in [1.807, 2.05) is 36.4 Å². The number of ether oxygens (including phenoxy) is 1. The lowest BCUT2D eigenvalue weighted by molar-refractivity contribution is 0.101. The van der Waals surface area contributed by atoms with Gasteiger partial charge in [-0.2, -0.15) is 0 Å². The minimum atomic E-state index is -0.0326. The number of hydrogen-bond acceptors (Lipinski definition) is 3. The Bertz CT molecular complexity index is 549. The molecule has 17 heavy (non-hydrogen) atoms. The van der Waals surface area contributed by atoms with Crippen molar-refractivity contribution in [3.05, 3.63) is 48.2 Å². The SMILES string of the molecule is COc1cccc(-c2cccc(C(C)=O)n2)c1. The summed E-state index contributed by atoms with van der Waals surface area (Å²) in [6.45, 7) is 1.51. The van der Waals surface area contributed by atoms with E-state index in [1.54, 1.807) is 13.2 Å². The molecule has 0 aliphatic heterocycles. The van der Waals surface area contributed by atoms with Gasteiger partial charge in [-0.1, -0.05) is 18.2 Å². The van der Waals surface area contributed by atoms with E-state index in [1.165, 1.54) is 6.92 Å². The molecule has 0 atom stereocenters. The van der Waals surface area contributed by atoms with Crippen molar-refractivity contribution in [2.75, 3.05) is 7.11 Å². The van der Waals surface area contributed by atoms with Crippen LogP contribution >= 0.6 is 0 Å². The van der Waals surface area contributed by atoms with Gasteiger partial charge in [0.15, 0.2) is 5.78 Å². The summed E-state index contributed by atoms with van der Waals surface area (Å²) >= 11 is 0. The number of nitrogens with zero attached hydrogens (tertiary/aromatic N) is 1. The van der Waals surface area contributed by atoms with Gasteiger partial charge in [0.1, 0.15) is 11.4 Å². The highest BCUT2D eigenvalue weighted by molar-refractivity contribution is 5.92. The van der Waals surface area contributed by atoms with Crippen LogP contribution in [0.1, 0.15) is 17.4 Å². The minimum absolute atomic E-state index is 0.0326. The summed E-state index contributed by atoms with van der Waals surface area (Å²) in [7, 11) is 1.62. The zero-order valence-corrected chi connectivity index (χ0v) is 9.81. The van der Waals surface area contributed by atoms with Crippen LogP contribution in [0.25, 0.3) is 11.3 Å². The number of hydrogen-bond donors (Lipinski definition) is 0. The maximum Gasteiger partial charge on any atom is 0.178 e. The van der Waals surface area contributed by atoms with Gasteiger partial charge in [0.25, 0.3) is 0 Å². The maximum absolute atomic E-state index is 11.3. The maximum atomic E-state index is 11.3. The number of carbonyl (C=O) groups is 1. The van der Waals surface area contributed by atoms with Gasteiger partial charge in [0, 0.05) is 12.5 Å². The summed E-state index contributed by atoms with van der Waals surface area (Å²) in [5.41, 5.74) is 2.19. The molecule has 2 rings (SSSR count). The Labute approximate surface area is 100 Å². The fourth-order valence-corrected chi connectivity index (χ4v) is 1.57. The second-order valence-electron chi connectivity index (χ2n) is 3.70. The monoisotopic (exact) mass is 227 g/mol. The van der Waals surface area contributed by atoms with E-state index < -0.39 is 0 Å². The summed E-state index contributed by atoms with van der Waals surface area (Å²) in [5.74, 6) is 0.743. The standard InChI is InChI=1S/C14H13NO2/c1-10(16)13-7-4-8-14(15-13)11-5-3-6-12(9-11)17-2/h3-9H,1-2H3. The van der Waals surface area contributed by atoms with Crippen LogP contribution < -0.4 is 4.74 Å². The molecule has 0 saturated heterocycles. The van der Waals surface area contributed by atoms with Gasteiger partial charge in [0.2, 0.25) is 0 Å². The first-order valence-corrected chi connectivity index (χ1v) is 5.33. The molecule has 0 radical (unpaired) electrons. The number of rotatable bonds is 3. The Kier molecular flexibility index (Phi) is 3.19. The van der Waals surface area contributed by atoms with Crippen molar-refractivity contribution < 1.29 is 9.53 Å². The molecule has 0 spiro atoms. The molecule has 1 aromatic heterocycles. The lowest BCUT2D eigenvalue weighted by Gasteiger charge is -2.05. The Balaban J connectivity index is 2.45. The zero-order valence-electron chi connectivity index (χ0n) is 9.81. The summed E-state index contributed by atoms with van der Waals surface area (Å²) in [6.07, 6.45) is 0. The second kappa shape index (κ2) is 4.78. The topological polar surface area (TPSA) is 39.2 Å². The fourth-order valence-electron chi connectivity index (χ4n) is 1.57. The molecule has 0 aliphatic rings. The van der Waals surface area contributed by atoms with Gasteiger partial charge in [-0.3, -0.25) is 4.79 Å². The number of ketones is 1. The first-order valence-electron chi connectivity index (χ1n) is 5.33. The predicted molar refractivity (Wildman–Crippen MR) is 66.2 cm³/mol. The first kappa shape index (κ1) is 11.3. The van der Waals surface area contributed by atoms with Crippen molar-refractivity contribution in [2.45, 2.75) is 6.92 Å². The van der Waals surface area contributed by atoms with Crippen LogP contribution in [-0.2, 0) is 0 Å². The molecule has 86 valence electrons. The van der Waals surface area contributed by atoms with Crippen LogP contribution in [-0.4, -0.2) is 17.9 Å². The van der Waals surface area contributed by atoms with Crippen molar-refractivity contribution in [1.82, 2.24) is 4.98 Å². The molecule has 1 aromatic carbocycles. The normalized spacial score (nSPS) is 10.0. The first-order chi connectivity index (χ1) is 8.20. The molecule has 0 amide bonds. The van der Waals surface area contributed by atoms with Gasteiger partial charge < -0.3 is 4.74 Å². The molecule has 0 aliphatic carbocycles. The van der Waals surface area contributed by atoms with Crippen molar-refractivity contribution >= 4 is 5.78 Å². The molecule has 1 heterocycles. The average molecular weight is 227 g/mol. The molecule has 0 fully saturated rings. The molecule has 0 bridgehead atoms. The average Bonchev–Trinajstić information content (AvgIpc) is 2.39. The van der Waals surface area contributed by atoms with E-state index >= 15 is 0 Å². The van der Waals surface area contributed by atoms with E-state index in [-0.39, 0.29) is 5.78 Å². The fraction of sp³-hybridized carbons (Fsp3) is 0.143. The Hall–Kier alpha value is -2.16. The van der Waals surface area contributed by atoms with Gasteiger partial charge in [-0.05, 0) is 24.3 Å². The predicted octanol–water partition coefficient (Wildman–Crippen LogP) is 2.96. The van der Waals surface area contributed by atoms with Crippen LogP contribution in [0.3, 0.4) is 0 Å². The lowest BCUT2D eigenvalue weighted by Crippen LogP contribution is -1.97. The van der Waals surface area contributed by atoms with E-state index in [4.69, 9.17) is 4.74 Å². The van der Waals surface area contributed by atoms with Crippen molar-refractivity contribution in [3.63, 3.8) is 0 Å². The quantitative estimate of drug-likeness (QED) is 0.757.